The summed E-state index contributed by atoms with van der Waals surface area (Å²) in [7, 11) is -3.95. The summed E-state index contributed by atoms with van der Waals surface area (Å²) in [6, 6.07) is 13.0. The third kappa shape index (κ3) is 4.61. The van der Waals surface area contributed by atoms with Crippen LogP contribution in [0, 0.1) is 6.92 Å². The van der Waals surface area contributed by atoms with Gasteiger partial charge in [-0.25, -0.2) is 4.79 Å². The quantitative estimate of drug-likeness (QED) is 0.501. The van der Waals surface area contributed by atoms with Gasteiger partial charge in [0.1, 0.15) is 18.1 Å². The minimum atomic E-state index is -3.95. The number of carbonyl (C=O) groups is 1. The Morgan fingerprint density at radius 2 is 1.76 bits per heavy atom. The number of fused-ring (bicyclic) bond motifs is 1. The average Bonchev–Trinajstić information content (AvgIpc) is 3.40. The molecular formula is C25H27NO6S. The molecule has 0 unspecified atom stereocenters. The Morgan fingerprint density at radius 3 is 2.33 bits per heavy atom. The number of furan rings is 1. The van der Waals surface area contributed by atoms with E-state index in [1.165, 1.54) is 22.5 Å². The van der Waals surface area contributed by atoms with Gasteiger partial charge >= 0.3 is 5.97 Å². The number of anilines is 1. The highest BCUT2D eigenvalue weighted by Gasteiger charge is 2.33. The first-order chi connectivity index (χ1) is 15.7. The van der Waals surface area contributed by atoms with Crippen LogP contribution in [-0.4, -0.2) is 25.5 Å². The summed E-state index contributed by atoms with van der Waals surface area (Å²) in [5, 5.41) is 8.99. The van der Waals surface area contributed by atoms with Crippen LogP contribution in [0.5, 0.6) is 5.75 Å². The van der Waals surface area contributed by atoms with E-state index >= 15 is 0 Å². The molecule has 0 radical (unpaired) electrons. The minimum absolute atomic E-state index is 0.107. The maximum absolute atomic E-state index is 13.5. The summed E-state index contributed by atoms with van der Waals surface area (Å²) >= 11 is 0. The molecule has 1 aliphatic carbocycles. The van der Waals surface area contributed by atoms with Crippen LogP contribution in [-0.2, 0) is 29.5 Å². The maximum atomic E-state index is 13.5. The van der Waals surface area contributed by atoms with Gasteiger partial charge in [0.15, 0.2) is 0 Å². The number of hydrogen-bond donors (Lipinski definition) is 1. The van der Waals surface area contributed by atoms with Crippen molar-refractivity contribution in [1.29, 1.82) is 0 Å². The molecule has 3 aromatic rings. The maximum Gasteiger partial charge on any atom is 0.335 e. The van der Waals surface area contributed by atoms with E-state index in [4.69, 9.17) is 14.3 Å². The van der Waals surface area contributed by atoms with E-state index in [-0.39, 0.29) is 23.3 Å². The van der Waals surface area contributed by atoms with E-state index in [9.17, 15) is 13.2 Å². The predicted molar refractivity (Wildman–Crippen MR) is 124 cm³/mol. The first kappa shape index (κ1) is 22.9. The Balaban J connectivity index is 1.72. The second kappa shape index (κ2) is 8.94. The Morgan fingerprint density at radius 1 is 1.09 bits per heavy atom. The lowest BCUT2D eigenvalue weighted by Crippen LogP contribution is -2.37. The average molecular weight is 470 g/mol. The van der Waals surface area contributed by atoms with Crippen molar-refractivity contribution in [3.63, 3.8) is 0 Å². The summed E-state index contributed by atoms with van der Waals surface area (Å²) in [5.74, 6) is 0.000325. The fourth-order valence-electron chi connectivity index (χ4n) is 4.11. The zero-order chi connectivity index (χ0) is 23.8. The van der Waals surface area contributed by atoms with Gasteiger partial charge in [-0.15, -0.1) is 0 Å². The molecule has 0 atom stereocenters. The van der Waals surface area contributed by atoms with Crippen LogP contribution in [0.4, 0.5) is 5.69 Å². The third-order valence-electron chi connectivity index (χ3n) is 5.70. The summed E-state index contributed by atoms with van der Waals surface area (Å²) in [5.41, 5.74) is 3.74. The molecule has 0 aliphatic heterocycles. The van der Waals surface area contributed by atoms with Crippen molar-refractivity contribution in [2.45, 2.75) is 57.8 Å². The van der Waals surface area contributed by atoms with Crippen molar-refractivity contribution in [1.82, 2.24) is 0 Å². The van der Waals surface area contributed by atoms with Crippen molar-refractivity contribution in [3.05, 3.63) is 76.5 Å². The minimum Gasteiger partial charge on any atom is -0.487 e. The molecule has 0 saturated heterocycles. The molecule has 1 aliphatic rings. The van der Waals surface area contributed by atoms with Crippen LogP contribution in [0.15, 0.2) is 58.0 Å². The largest absolute Gasteiger partial charge is 0.487 e. The lowest BCUT2D eigenvalue weighted by molar-refractivity contribution is 0.0697. The number of aromatic carboxylic acids is 1. The van der Waals surface area contributed by atoms with Crippen molar-refractivity contribution >= 4 is 21.7 Å². The van der Waals surface area contributed by atoms with E-state index in [1.54, 1.807) is 25.1 Å². The van der Waals surface area contributed by atoms with Gasteiger partial charge in [0.05, 0.1) is 11.3 Å². The molecule has 0 fully saturated rings. The molecule has 1 aromatic heterocycles. The van der Waals surface area contributed by atoms with Crippen molar-refractivity contribution < 1.29 is 27.5 Å². The summed E-state index contributed by atoms with van der Waals surface area (Å²) in [4.78, 5) is 11.1. The lowest BCUT2D eigenvalue weighted by Gasteiger charge is -2.29. The SMILES string of the molecule is Cc1ccc(S(=O)(=O)N(c2cc3c(cc2OCc2ccc(C(=O)O)cc2)CCC3)C(C)C)o1. The highest BCUT2D eigenvalue weighted by molar-refractivity contribution is 7.92. The van der Waals surface area contributed by atoms with E-state index in [2.05, 4.69) is 0 Å². The smallest absolute Gasteiger partial charge is 0.335 e. The van der Waals surface area contributed by atoms with Crippen molar-refractivity contribution in [2.24, 2.45) is 0 Å². The molecule has 0 bridgehead atoms. The second-order valence-electron chi connectivity index (χ2n) is 8.49. The molecule has 0 saturated carbocycles. The Hall–Kier alpha value is -3.26. The van der Waals surface area contributed by atoms with Crippen LogP contribution in [0.3, 0.4) is 0 Å². The number of benzene rings is 2. The molecule has 174 valence electrons. The van der Waals surface area contributed by atoms with Crippen LogP contribution in [0.2, 0.25) is 0 Å². The fourth-order valence-corrected chi connectivity index (χ4v) is 5.74. The van der Waals surface area contributed by atoms with E-state index < -0.39 is 16.0 Å². The van der Waals surface area contributed by atoms with Crippen LogP contribution in [0.1, 0.15) is 53.1 Å². The zero-order valence-corrected chi connectivity index (χ0v) is 19.7. The summed E-state index contributed by atoms with van der Waals surface area (Å²) in [6.45, 7) is 5.51. The summed E-state index contributed by atoms with van der Waals surface area (Å²) in [6.07, 6.45) is 2.83. The number of aryl methyl sites for hydroxylation is 3. The number of sulfonamides is 1. The summed E-state index contributed by atoms with van der Waals surface area (Å²) < 4.78 is 40.0. The number of rotatable bonds is 8. The highest BCUT2D eigenvalue weighted by Crippen LogP contribution is 2.39. The van der Waals surface area contributed by atoms with Crippen LogP contribution >= 0.6 is 0 Å². The normalized spacial score (nSPS) is 13.2. The number of hydrogen-bond acceptors (Lipinski definition) is 5. The highest BCUT2D eigenvalue weighted by atomic mass is 32.2. The van der Waals surface area contributed by atoms with Gasteiger partial charge in [-0.2, -0.15) is 8.42 Å². The molecule has 1 N–H and O–H groups in total. The van der Waals surface area contributed by atoms with Crippen LogP contribution in [0.25, 0.3) is 0 Å². The number of ether oxygens (including phenoxy) is 1. The standard InChI is InChI=1S/C25H27NO6S/c1-16(2)26(33(29,30)24-12-7-17(3)32-24)22-13-20-5-4-6-21(20)14-23(22)31-15-18-8-10-19(11-9-18)25(27)28/h7-14,16H,4-6,15H2,1-3H3,(H,27,28). The Labute approximate surface area is 193 Å². The molecule has 1 heterocycles. The van der Waals surface area contributed by atoms with Gasteiger partial charge in [0.2, 0.25) is 5.09 Å². The van der Waals surface area contributed by atoms with Crippen molar-refractivity contribution in [3.8, 4) is 5.75 Å². The second-order valence-corrected chi connectivity index (χ2v) is 10.2. The fraction of sp³-hybridized carbons (Fsp3) is 0.320. The van der Waals surface area contributed by atoms with Gasteiger partial charge in [-0.1, -0.05) is 12.1 Å². The van der Waals surface area contributed by atoms with E-state index in [0.717, 1.165) is 36.0 Å². The molecule has 0 amide bonds. The zero-order valence-electron chi connectivity index (χ0n) is 18.9. The molecule has 8 heteroatoms. The van der Waals surface area contributed by atoms with Gasteiger partial charge in [-0.05, 0) is 93.1 Å². The van der Waals surface area contributed by atoms with Gasteiger partial charge in [0, 0.05) is 6.04 Å². The lowest BCUT2D eigenvalue weighted by atomic mass is 10.1. The Kier molecular flexibility index (Phi) is 6.21. The number of carboxylic acids is 1. The monoisotopic (exact) mass is 469 g/mol. The molecule has 0 spiro atoms. The third-order valence-corrected chi connectivity index (χ3v) is 7.57. The van der Waals surface area contributed by atoms with Gasteiger partial charge in [-0.3, -0.25) is 4.31 Å². The molecule has 7 nitrogen and oxygen atoms in total. The molecule has 33 heavy (non-hydrogen) atoms. The Bertz CT molecular complexity index is 1270. The first-order valence-corrected chi connectivity index (χ1v) is 12.3. The number of carboxylic acid groups (broad SMARTS) is 1. The van der Waals surface area contributed by atoms with Gasteiger partial charge < -0.3 is 14.3 Å². The van der Waals surface area contributed by atoms with Crippen molar-refractivity contribution in [2.75, 3.05) is 4.31 Å². The predicted octanol–water partition coefficient (Wildman–Crippen LogP) is 4.96. The topological polar surface area (TPSA) is 97.0 Å². The van der Waals surface area contributed by atoms with E-state index in [0.29, 0.717) is 17.2 Å². The molecule has 2 aromatic carbocycles. The van der Waals surface area contributed by atoms with E-state index in [1.807, 2.05) is 26.0 Å². The van der Waals surface area contributed by atoms with Crippen LogP contribution < -0.4 is 9.04 Å². The first-order valence-electron chi connectivity index (χ1n) is 10.9. The molecule has 4 rings (SSSR count). The molecular weight excluding hydrogens is 442 g/mol. The number of nitrogens with zero attached hydrogens (tertiary/aromatic N) is 1. The van der Waals surface area contributed by atoms with Gasteiger partial charge in [0.25, 0.3) is 10.0 Å².